The second kappa shape index (κ2) is 9.95. The van der Waals surface area contributed by atoms with Crippen LogP contribution >= 0.6 is 23.2 Å². The summed E-state index contributed by atoms with van der Waals surface area (Å²) < 4.78 is 7.71. The van der Waals surface area contributed by atoms with Crippen LogP contribution in [0.2, 0.25) is 10.0 Å². The Kier molecular flexibility index (Phi) is 7.36. The maximum Gasteiger partial charge on any atom is 0.194 e. The minimum absolute atomic E-state index is 0.0125. The van der Waals surface area contributed by atoms with Crippen molar-refractivity contribution in [3.63, 3.8) is 0 Å². The maximum atomic E-state index is 6.13. The molecule has 1 unspecified atom stereocenters. The Morgan fingerprint density at radius 3 is 2.96 bits per heavy atom. The summed E-state index contributed by atoms with van der Waals surface area (Å²) in [4.78, 5) is 11.1. The van der Waals surface area contributed by atoms with E-state index in [9.17, 15) is 0 Å². The van der Waals surface area contributed by atoms with Gasteiger partial charge in [-0.3, -0.25) is 9.67 Å². The molecule has 152 valence electrons. The first kappa shape index (κ1) is 20.7. The Morgan fingerprint density at radius 1 is 1.39 bits per heavy atom. The zero-order valence-corrected chi connectivity index (χ0v) is 17.5. The topological polar surface area (TPSA) is 79.6 Å². The molecule has 1 aliphatic rings. The molecule has 0 aliphatic carbocycles. The molecule has 0 radical (unpaired) electrons. The van der Waals surface area contributed by atoms with Crippen molar-refractivity contribution in [1.29, 1.82) is 0 Å². The first-order chi connectivity index (χ1) is 13.6. The minimum atomic E-state index is -0.0125. The molecule has 0 spiro atoms. The van der Waals surface area contributed by atoms with E-state index < -0.39 is 0 Å². The van der Waals surface area contributed by atoms with Gasteiger partial charge in [0.25, 0.3) is 0 Å². The van der Waals surface area contributed by atoms with E-state index in [4.69, 9.17) is 32.9 Å². The summed E-state index contributed by atoms with van der Waals surface area (Å²) in [5.41, 5.74) is 1.08. The van der Waals surface area contributed by atoms with Crippen molar-refractivity contribution in [2.24, 2.45) is 12.0 Å². The zero-order valence-electron chi connectivity index (χ0n) is 16.0. The highest BCUT2D eigenvalue weighted by Crippen LogP contribution is 2.23. The van der Waals surface area contributed by atoms with Crippen LogP contribution in [0, 0.1) is 0 Å². The van der Waals surface area contributed by atoms with Gasteiger partial charge in [-0.05, 0) is 13.0 Å². The van der Waals surface area contributed by atoms with Gasteiger partial charge in [0.1, 0.15) is 11.9 Å². The molecular formula is C18H25Cl2N7O. The van der Waals surface area contributed by atoms with E-state index in [1.54, 1.807) is 16.9 Å². The number of aromatic nitrogens is 3. The molecule has 3 rings (SSSR count). The van der Waals surface area contributed by atoms with Gasteiger partial charge in [-0.1, -0.05) is 23.2 Å². The van der Waals surface area contributed by atoms with Gasteiger partial charge in [0.15, 0.2) is 5.96 Å². The second-order valence-corrected chi connectivity index (χ2v) is 7.24. The highest BCUT2D eigenvalue weighted by molar-refractivity contribution is 6.35. The number of aryl methyl sites for hydroxylation is 1. The fourth-order valence-corrected chi connectivity index (χ4v) is 3.40. The third kappa shape index (κ3) is 5.50. The molecule has 1 fully saturated rings. The Labute approximate surface area is 174 Å². The average Bonchev–Trinajstić information content (AvgIpc) is 3.12. The van der Waals surface area contributed by atoms with Crippen molar-refractivity contribution in [2.45, 2.75) is 13.0 Å². The third-order valence-corrected chi connectivity index (χ3v) is 4.77. The van der Waals surface area contributed by atoms with E-state index in [1.165, 1.54) is 0 Å². The smallest absolute Gasteiger partial charge is 0.194 e. The molecule has 0 saturated carbocycles. The van der Waals surface area contributed by atoms with Crippen LogP contribution in [0.5, 0.6) is 0 Å². The molecular weight excluding hydrogens is 401 g/mol. The van der Waals surface area contributed by atoms with E-state index in [0.717, 1.165) is 31.2 Å². The van der Waals surface area contributed by atoms with Crippen molar-refractivity contribution in [3.05, 3.63) is 40.3 Å². The molecule has 1 saturated heterocycles. The number of hydrogen-bond donors (Lipinski definition) is 2. The second-order valence-electron chi connectivity index (χ2n) is 6.40. The van der Waals surface area contributed by atoms with Gasteiger partial charge in [0, 0.05) is 44.6 Å². The van der Waals surface area contributed by atoms with E-state index in [0.29, 0.717) is 35.6 Å². The number of pyridine rings is 1. The maximum absolute atomic E-state index is 6.13. The minimum Gasteiger partial charge on any atom is -0.370 e. The molecule has 10 heteroatoms. The van der Waals surface area contributed by atoms with Gasteiger partial charge in [-0.25, -0.2) is 4.98 Å². The lowest BCUT2D eigenvalue weighted by Crippen LogP contribution is -2.48. The summed E-state index contributed by atoms with van der Waals surface area (Å²) in [5.74, 6) is 1.48. The van der Waals surface area contributed by atoms with Crippen LogP contribution in [-0.2, 0) is 11.8 Å². The summed E-state index contributed by atoms with van der Waals surface area (Å²) in [5, 5.41) is 11.8. The number of hydrogen-bond acceptors (Lipinski definition) is 5. The number of halogens is 2. The van der Waals surface area contributed by atoms with Gasteiger partial charge in [-0.15, -0.1) is 0 Å². The van der Waals surface area contributed by atoms with Crippen LogP contribution in [0.25, 0.3) is 0 Å². The third-order valence-electron chi connectivity index (χ3n) is 4.27. The number of morpholine rings is 1. The number of nitrogens with one attached hydrogen (secondary N) is 2. The number of anilines is 1. The van der Waals surface area contributed by atoms with Crippen LogP contribution in [-0.4, -0.2) is 65.0 Å². The molecule has 1 atom stereocenters. The molecule has 0 aromatic carbocycles. The summed E-state index contributed by atoms with van der Waals surface area (Å²) in [6, 6.07) is 1.66. The summed E-state index contributed by atoms with van der Waals surface area (Å²) in [6.07, 6.45) is 5.40. The van der Waals surface area contributed by atoms with Crippen LogP contribution < -0.4 is 10.6 Å². The predicted molar refractivity (Wildman–Crippen MR) is 112 cm³/mol. The molecule has 2 aromatic heterocycles. The number of rotatable bonds is 6. The SMILES string of the molecule is CCNC(=NCCNc1ncc(Cl)cc1Cl)N1CCOC(c2cnn(C)c2)C1. The normalized spacial score (nSPS) is 17.6. The predicted octanol–water partition coefficient (Wildman–Crippen LogP) is 2.57. The van der Waals surface area contributed by atoms with Crippen molar-refractivity contribution in [3.8, 4) is 0 Å². The van der Waals surface area contributed by atoms with E-state index in [2.05, 4.69) is 32.5 Å². The van der Waals surface area contributed by atoms with E-state index in [-0.39, 0.29) is 6.10 Å². The molecule has 1 aliphatic heterocycles. The van der Waals surface area contributed by atoms with Crippen molar-refractivity contribution in [1.82, 2.24) is 25.0 Å². The quantitative estimate of drug-likeness (QED) is 0.420. The van der Waals surface area contributed by atoms with Gasteiger partial charge >= 0.3 is 0 Å². The monoisotopic (exact) mass is 425 g/mol. The first-order valence-electron chi connectivity index (χ1n) is 9.25. The number of aliphatic imine (C=N–C) groups is 1. The lowest BCUT2D eigenvalue weighted by molar-refractivity contribution is -0.00803. The molecule has 2 N–H and O–H groups in total. The standard InChI is InChI=1S/C18H25Cl2N7O/c1-3-21-18(23-5-4-22-17-15(20)8-14(19)10-24-17)27-6-7-28-16(12-27)13-9-25-26(2)11-13/h8-11,16H,3-7,12H2,1-2H3,(H,21,23)(H,22,24). The first-order valence-corrected chi connectivity index (χ1v) is 10.0. The number of nitrogens with zero attached hydrogens (tertiary/aromatic N) is 5. The molecule has 2 aromatic rings. The van der Waals surface area contributed by atoms with Crippen LogP contribution in [0.15, 0.2) is 29.6 Å². The van der Waals surface area contributed by atoms with Gasteiger partial charge < -0.3 is 20.3 Å². The largest absolute Gasteiger partial charge is 0.370 e. The molecule has 0 amide bonds. The zero-order chi connectivity index (χ0) is 19.9. The van der Waals surface area contributed by atoms with E-state index in [1.807, 2.05) is 19.4 Å². The lowest BCUT2D eigenvalue weighted by atomic mass is 10.1. The molecule has 3 heterocycles. The fraction of sp³-hybridized carbons (Fsp3) is 0.500. The molecule has 8 nitrogen and oxygen atoms in total. The van der Waals surface area contributed by atoms with Crippen molar-refractivity contribution >= 4 is 35.0 Å². The Balaban J connectivity index is 1.58. The van der Waals surface area contributed by atoms with Crippen LogP contribution in [0.3, 0.4) is 0 Å². The van der Waals surface area contributed by atoms with Crippen molar-refractivity contribution < 1.29 is 4.74 Å². The number of guanidine groups is 1. The average molecular weight is 426 g/mol. The fourth-order valence-electron chi connectivity index (χ4n) is 2.96. The van der Waals surface area contributed by atoms with Crippen LogP contribution in [0.4, 0.5) is 5.82 Å². The Hall–Kier alpha value is -2.03. The summed E-state index contributed by atoms with van der Waals surface area (Å²) in [6.45, 7) is 6.22. The van der Waals surface area contributed by atoms with Crippen molar-refractivity contribution in [2.75, 3.05) is 44.6 Å². The molecule has 0 bridgehead atoms. The highest BCUT2D eigenvalue weighted by Gasteiger charge is 2.25. The van der Waals surface area contributed by atoms with Gasteiger partial charge in [0.2, 0.25) is 0 Å². The Morgan fingerprint density at radius 2 is 2.25 bits per heavy atom. The van der Waals surface area contributed by atoms with Gasteiger partial charge in [0.05, 0.1) is 35.9 Å². The highest BCUT2D eigenvalue weighted by atomic mass is 35.5. The molecule has 28 heavy (non-hydrogen) atoms. The van der Waals surface area contributed by atoms with E-state index >= 15 is 0 Å². The van der Waals surface area contributed by atoms with Crippen LogP contribution in [0.1, 0.15) is 18.6 Å². The number of ether oxygens (including phenoxy) is 1. The lowest BCUT2D eigenvalue weighted by Gasteiger charge is -2.34. The van der Waals surface area contributed by atoms with Gasteiger partial charge in [-0.2, -0.15) is 5.10 Å². The summed E-state index contributed by atoms with van der Waals surface area (Å²) >= 11 is 12.0. The Bertz CT molecular complexity index is 811. The summed E-state index contributed by atoms with van der Waals surface area (Å²) in [7, 11) is 1.91.